The largest absolute Gasteiger partial charge is 0.380 e. The van der Waals surface area contributed by atoms with Gasteiger partial charge in [-0.15, -0.1) is 0 Å². The molecule has 0 unspecified atom stereocenters. The average Bonchev–Trinajstić information content (AvgIpc) is 2.85. The summed E-state index contributed by atoms with van der Waals surface area (Å²) in [6.45, 7) is 4.35. The lowest BCUT2D eigenvalue weighted by molar-refractivity contribution is -0.133. The molecule has 3 nitrogen and oxygen atoms in total. The summed E-state index contributed by atoms with van der Waals surface area (Å²) in [5.74, 6) is 0.676. The summed E-state index contributed by atoms with van der Waals surface area (Å²) < 4.78 is 0. The van der Waals surface area contributed by atoms with Gasteiger partial charge >= 0.3 is 0 Å². The van der Waals surface area contributed by atoms with E-state index in [2.05, 4.69) is 25.2 Å². The zero-order valence-corrected chi connectivity index (χ0v) is 13.0. The van der Waals surface area contributed by atoms with Gasteiger partial charge in [-0.05, 0) is 48.6 Å². The standard InChI is InChI=1S/C16H23NO2S/c1-12(2)20-11-13-6-5-7-14(10-13)17-15(18)16(19)8-3-4-9-16/h5-7,10,12,19H,3-4,8-9,11H2,1-2H3,(H,17,18). The number of aliphatic hydroxyl groups is 1. The van der Waals surface area contributed by atoms with Crippen LogP contribution in [0.5, 0.6) is 0 Å². The number of hydrogen-bond donors (Lipinski definition) is 2. The van der Waals surface area contributed by atoms with E-state index in [0.29, 0.717) is 18.1 Å². The Hall–Kier alpha value is -1.00. The van der Waals surface area contributed by atoms with E-state index in [1.807, 2.05) is 30.0 Å². The minimum absolute atomic E-state index is 0.260. The number of anilines is 1. The molecule has 1 amide bonds. The van der Waals surface area contributed by atoms with E-state index in [0.717, 1.165) is 24.3 Å². The Morgan fingerprint density at radius 2 is 2.10 bits per heavy atom. The van der Waals surface area contributed by atoms with Crippen molar-refractivity contribution in [1.29, 1.82) is 0 Å². The molecule has 20 heavy (non-hydrogen) atoms. The van der Waals surface area contributed by atoms with Crippen LogP contribution in [-0.4, -0.2) is 21.9 Å². The van der Waals surface area contributed by atoms with Crippen LogP contribution in [0.25, 0.3) is 0 Å². The molecule has 0 aromatic heterocycles. The van der Waals surface area contributed by atoms with Crippen LogP contribution in [0.15, 0.2) is 24.3 Å². The second-order valence-electron chi connectivity index (χ2n) is 5.75. The minimum atomic E-state index is -1.16. The lowest BCUT2D eigenvalue weighted by Crippen LogP contribution is -2.40. The van der Waals surface area contributed by atoms with Crippen LogP contribution in [0, 0.1) is 0 Å². The fourth-order valence-electron chi connectivity index (χ4n) is 2.44. The molecule has 1 aliphatic rings. The van der Waals surface area contributed by atoms with Crippen LogP contribution < -0.4 is 5.32 Å². The Bertz CT molecular complexity index is 467. The van der Waals surface area contributed by atoms with E-state index in [4.69, 9.17) is 0 Å². The number of carbonyl (C=O) groups excluding carboxylic acids is 1. The smallest absolute Gasteiger partial charge is 0.256 e. The van der Waals surface area contributed by atoms with E-state index in [1.54, 1.807) is 0 Å². The molecule has 1 aliphatic carbocycles. The van der Waals surface area contributed by atoms with Crippen LogP contribution in [0.1, 0.15) is 45.1 Å². The molecule has 110 valence electrons. The zero-order valence-electron chi connectivity index (χ0n) is 12.2. The highest BCUT2D eigenvalue weighted by molar-refractivity contribution is 7.99. The third-order valence-corrected chi connectivity index (χ3v) is 4.79. The van der Waals surface area contributed by atoms with E-state index in [-0.39, 0.29) is 5.91 Å². The number of amides is 1. The van der Waals surface area contributed by atoms with Crippen molar-refractivity contribution >= 4 is 23.4 Å². The first-order chi connectivity index (χ1) is 9.49. The molecule has 0 bridgehead atoms. The SMILES string of the molecule is CC(C)SCc1cccc(NC(=O)C2(O)CCCC2)c1. The highest BCUT2D eigenvalue weighted by Gasteiger charge is 2.38. The lowest BCUT2D eigenvalue weighted by atomic mass is 10.0. The van der Waals surface area contributed by atoms with Gasteiger partial charge in [0.25, 0.3) is 5.91 Å². The van der Waals surface area contributed by atoms with Crippen LogP contribution in [-0.2, 0) is 10.5 Å². The number of thioether (sulfide) groups is 1. The Balaban J connectivity index is 1.98. The Labute approximate surface area is 125 Å². The van der Waals surface area contributed by atoms with Gasteiger partial charge in [-0.25, -0.2) is 0 Å². The third-order valence-electron chi connectivity index (χ3n) is 3.62. The topological polar surface area (TPSA) is 49.3 Å². The predicted octanol–water partition coefficient (Wildman–Crippen LogP) is 3.57. The fraction of sp³-hybridized carbons (Fsp3) is 0.562. The van der Waals surface area contributed by atoms with Crippen molar-refractivity contribution in [2.75, 3.05) is 5.32 Å². The predicted molar refractivity (Wildman–Crippen MR) is 84.9 cm³/mol. The van der Waals surface area contributed by atoms with Gasteiger partial charge in [0.05, 0.1) is 0 Å². The first kappa shape index (κ1) is 15.4. The molecule has 0 saturated heterocycles. The number of hydrogen-bond acceptors (Lipinski definition) is 3. The normalized spacial score (nSPS) is 17.4. The van der Waals surface area contributed by atoms with E-state index >= 15 is 0 Å². The summed E-state index contributed by atoms with van der Waals surface area (Å²) in [6, 6.07) is 7.88. The quantitative estimate of drug-likeness (QED) is 0.872. The highest BCUT2D eigenvalue weighted by atomic mass is 32.2. The van der Waals surface area contributed by atoms with Gasteiger partial charge in [0.2, 0.25) is 0 Å². The van der Waals surface area contributed by atoms with Crippen LogP contribution in [0.4, 0.5) is 5.69 Å². The molecular formula is C16H23NO2S. The molecule has 0 atom stereocenters. The van der Waals surface area contributed by atoms with Crippen molar-refractivity contribution in [2.24, 2.45) is 0 Å². The van der Waals surface area contributed by atoms with Gasteiger partial charge in [-0.1, -0.05) is 26.0 Å². The fourth-order valence-corrected chi connectivity index (χ4v) is 3.14. The molecule has 4 heteroatoms. The summed E-state index contributed by atoms with van der Waals surface area (Å²) in [5, 5.41) is 13.7. The van der Waals surface area contributed by atoms with Crippen molar-refractivity contribution < 1.29 is 9.90 Å². The Morgan fingerprint density at radius 3 is 2.75 bits per heavy atom. The highest BCUT2D eigenvalue weighted by Crippen LogP contribution is 2.30. The number of benzene rings is 1. The molecular weight excluding hydrogens is 270 g/mol. The molecule has 2 rings (SSSR count). The molecule has 1 fully saturated rings. The average molecular weight is 293 g/mol. The maximum Gasteiger partial charge on any atom is 0.256 e. The third kappa shape index (κ3) is 4.00. The summed E-state index contributed by atoms with van der Waals surface area (Å²) >= 11 is 1.87. The summed E-state index contributed by atoms with van der Waals surface area (Å²) in [4.78, 5) is 12.1. The van der Waals surface area contributed by atoms with Crippen molar-refractivity contribution in [1.82, 2.24) is 0 Å². The van der Waals surface area contributed by atoms with Crippen molar-refractivity contribution in [3.05, 3.63) is 29.8 Å². The summed E-state index contributed by atoms with van der Waals surface area (Å²) in [7, 11) is 0. The number of rotatable bonds is 5. The number of carbonyl (C=O) groups is 1. The minimum Gasteiger partial charge on any atom is -0.380 e. The van der Waals surface area contributed by atoms with Gasteiger partial charge in [0.1, 0.15) is 5.60 Å². The van der Waals surface area contributed by atoms with E-state index in [1.165, 1.54) is 5.56 Å². The molecule has 1 aromatic rings. The maximum atomic E-state index is 12.1. The summed E-state index contributed by atoms with van der Waals surface area (Å²) in [5.41, 5.74) is 0.806. The molecule has 0 spiro atoms. The van der Waals surface area contributed by atoms with Gasteiger partial charge in [0.15, 0.2) is 0 Å². The van der Waals surface area contributed by atoms with Gasteiger partial charge in [0, 0.05) is 11.4 Å². The Morgan fingerprint density at radius 1 is 1.40 bits per heavy atom. The van der Waals surface area contributed by atoms with E-state index in [9.17, 15) is 9.90 Å². The summed E-state index contributed by atoms with van der Waals surface area (Å²) in [6.07, 6.45) is 2.99. The Kier molecular flexibility index (Phi) is 5.11. The lowest BCUT2D eigenvalue weighted by Gasteiger charge is -2.21. The first-order valence-electron chi connectivity index (χ1n) is 7.24. The molecule has 0 aliphatic heterocycles. The van der Waals surface area contributed by atoms with Gasteiger partial charge < -0.3 is 10.4 Å². The van der Waals surface area contributed by atoms with Gasteiger partial charge in [-0.2, -0.15) is 11.8 Å². The molecule has 1 aromatic carbocycles. The van der Waals surface area contributed by atoms with Crippen molar-refractivity contribution in [3.63, 3.8) is 0 Å². The molecule has 0 heterocycles. The van der Waals surface area contributed by atoms with E-state index < -0.39 is 5.60 Å². The monoisotopic (exact) mass is 293 g/mol. The number of nitrogens with one attached hydrogen (secondary N) is 1. The molecule has 2 N–H and O–H groups in total. The second kappa shape index (κ2) is 6.64. The zero-order chi connectivity index (χ0) is 14.6. The van der Waals surface area contributed by atoms with Crippen molar-refractivity contribution in [3.8, 4) is 0 Å². The first-order valence-corrected chi connectivity index (χ1v) is 8.29. The maximum absolute atomic E-state index is 12.1. The second-order valence-corrected chi connectivity index (χ2v) is 7.32. The van der Waals surface area contributed by atoms with Crippen molar-refractivity contribution in [2.45, 2.75) is 56.1 Å². The molecule has 1 saturated carbocycles. The van der Waals surface area contributed by atoms with Gasteiger partial charge in [-0.3, -0.25) is 4.79 Å². The van der Waals surface area contributed by atoms with Crippen LogP contribution in [0.2, 0.25) is 0 Å². The van der Waals surface area contributed by atoms with Crippen LogP contribution >= 0.6 is 11.8 Å². The van der Waals surface area contributed by atoms with Crippen LogP contribution in [0.3, 0.4) is 0 Å². The molecule has 0 radical (unpaired) electrons.